The molecule has 6 nitrogen and oxygen atoms in total. The van der Waals surface area contributed by atoms with E-state index in [1.807, 2.05) is 0 Å². The Balaban J connectivity index is 2.29. The molecule has 2 aromatic rings. The molecular weight excluding hydrogens is 265 g/mol. The lowest BCUT2D eigenvalue weighted by atomic mass is 10.1. The summed E-state index contributed by atoms with van der Waals surface area (Å²) in [5.41, 5.74) is 5.20. The van der Waals surface area contributed by atoms with Gasteiger partial charge in [0, 0.05) is 5.69 Å². The van der Waals surface area contributed by atoms with Gasteiger partial charge < -0.3 is 20.6 Å². The van der Waals surface area contributed by atoms with Crippen molar-refractivity contribution in [2.75, 3.05) is 11.1 Å². The van der Waals surface area contributed by atoms with Gasteiger partial charge in [-0.15, -0.1) is 0 Å². The third-order valence-corrected chi connectivity index (χ3v) is 2.75. The monoisotopic (exact) mass is 279 g/mol. The summed E-state index contributed by atoms with van der Waals surface area (Å²) in [6.45, 7) is 3.47. The SMILES string of the molecule is Cc1cnc(C(C)Nc2cc(C(=O)O)c(N)cc2F)o1. The van der Waals surface area contributed by atoms with Gasteiger partial charge in [-0.05, 0) is 26.0 Å². The van der Waals surface area contributed by atoms with Gasteiger partial charge in [0.15, 0.2) is 0 Å². The first-order valence-electron chi connectivity index (χ1n) is 5.89. The number of carboxylic acids is 1. The molecule has 0 aliphatic carbocycles. The van der Waals surface area contributed by atoms with Crippen molar-refractivity contribution in [3.05, 3.63) is 41.4 Å². The molecule has 2 rings (SSSR count). The van der Waals surface area contributed by atoms with Crippen LogP contribution >= 0.6 is 0 Å². The minimum atomic E-state index is -1.22. The Morgan fingerprint density at radius 1 is 1.55 bits per heavy atom. The lowest BCUT2D eigenvalue weighted by Gasteiger charge is -2.14. The smallest absolute Gasteiger partial charge is 0.337 e. The Kier molecular flexibility index (Phi) is 3.60. The van der Waals surface area contributed by atoms with Crippen LogP contribution in [-0.4, -0.2) is 16.1 Å². The molecule has 1 atom stereocenters. The van der Waals surface area contributed by atoms with Crippen LogP contribution in [-0.2, 0) is 0 Å². The maximum atomic E-state index is 13.8. The number of nitrogens with two attached hydrogens (primary N) is 1. The van der Waals surface area contributed by atoms with Crippen molar-refractivity contribution in [3.8, 4) is 0 Å². The molecule has 1 aromatic carbocycles. The Bertz CT molecular complexity index is 654. The normalized spacial score (nSPS) is 12.2. The Morgan fingerprint density at radius 2 is 2.25 bits per heavy atom. The second-order valence-electron chi connectivity index (χ2n) is 4.40. The van der Waals surface area contributed by atoms with Crippen molar-refractivity contribution in [2.45, 2.75) is 19.9 Å². The van der Waals surface area contributed by atoms with Crippen molar-refractivity contribution < 1.29 is 18.7 Å². The average molecular weight is 279 g/mol. The number of benzene rings is 1. The molecule has 20 heavy (non-hydrogen) atoms. The van der Waals surface area contributed by atoms with Crippen LogP contribution in [0.4, 0.5) is 15.8 Å². The van der Waals surface area contributed by atoms with Gasteiger partial charge in [-0.1, -0.05) is 0 Å². The fourth-order valence-electron chi connectivity index (χ4n) is 1.75. The number of aryl methyl sites for hydroxylation is 1. The van der Waals surface area contributed by atoms with Crippen molar-refractivity contribution in [3.63, 3.8) is 0 Å². The predicted molar refractivity (Wildman–Crippen MR) is 71.0 cm³/mol. The molecule has 7 heteroatoms. The molecule has 1 heterocycles. The summed E-state index contributed by atoms with van der Waals surface area (Å²) in [7, 11) is 0. The number of anilines is 2. The van der Waals surface area contributed by atoms with Crippen molar-refractivity contribution in [1.29, 1.82) is 0 Å². The molecule has 0 fully saturated rings. The van der Waals surface area contributed by atoms with Gasteiger partial charge in [0.2, 0.25) is 5.89 Å². The van der Waals surface area contributed by atoms with E-state index in [2.05, 4.69) is 10.3 Å². The van der Waals surface area contributed by atoms with Crippen LogP contribution in [0.5, 0.6) is 0 Å². The van der Waals surface area contributed by atoms with E-state index in [9.17, 15) is 9.18 Å². The zero-order valence-corrected chi connectivity index (χ0v) is 11.0. The highest BCUT2D eigenvalue weighted by molar-refractivity contribution is 5.94. The number of nitrogens with one attached hydrogen (secondary N) is 1. The van der Waals surface area contributed by atoms with E-state index in [-0.39, 0.29) is 16.9 Å². The molecule has 0 aliphatic heterocycles. The molecule has 0 aliphatic rings. The molecule has 0 saturated carbocycles. The molecule has 0 bridgehead atoms. The highest BCUT2D eigenvalue weighted by atomic mass is 19.1. The van der Waals surface area contributed by atoms with E-state index >= 15 is 0 Å². The summed E-state index contributed by atoms with van der Waals surface area (Å²) in [5.74, 6) is -0.832. The number of hydrogen-bond acceptors (Lipinski definition) is 5. The molecule has 0 radical (unpaired) electrons. The maximum Gasteiger partial charge on any atom is 0.337 e. The molecular formula is C13H14FN3O3. The first-order valence-corrected chi connectivity index (χ1v) is 5.89. The quantitative estimate of drug-likeness (QED) is 0.743. The van der Waals surface area contributed by atoms with Gasteiger partial charge in [-0.25, -0.2) is 14.2 Å². The summed E-state index contributed by atoms with van der Waals surface area (Å²) < 4.78 is 19.1. The number of rotatable bonds is 4. The highest BCUT2D eigenvalue weighted by Gasteiger charge is 2.17. The zero-order valence-electron chi connectivity index (χ0n) is 11.0. The van der Waals surface area contributed by atoms with Gasteiger partial charge in [0.25, 0.3) is 0 Å². The molecule has 106 valence electrons. The third kappa shape index (κ3) is 2.71. The van der Waals surface area contributed by atoms with Crippen LogP contribution < -0.4 is 11.1 Å². The number of halogens is 1. The average Bonchev–Trinajstić information content (AvgIpc) is 2.79. The number of hydrogen-bond donors (Lipinski definition) is 3. The van der Waals surface area contributed by atoms with Crippen LogP contribution in [0.25, 0.3) is 0 Å². The summed E-state index contributed by atoms with van der Waals surface area (Å²) in [6, 6.07) is 1.71. The topological polar surface area (TPSA) is 101 Å². The Labute approximate surface area is 114 Å². The first-order chi connectivity index (χ1) is 9.38. The van der Waals surface area contributed by atoms with Crippen LogP contribution in [0.15, 0.2) is 22.7 Å². The Hall–Kier alpha value is -2.57. The number of nitrogen functional groups attached to an aromatic ring is 1. The standard InChI is InChI=1S/C13H14FN3O3/c1-6-5-16-12(20-6)7(2)17-11-3-8(13(18)19)10(15)4-9(11)14/h3-5,7,17H,15H2,1-2H3,(H,18,19). The minimum Gasteiger partial charge on any atom is -0.478 e. The summed E-state index contributed by atoms with van der Waals surface area (Å²) in [4.78, 5) is 15.0. The van der Waals surface area contributed by atoms with E-state index in [1.54, 1.807) is 20.0 Å². The number of carboxylic acid groups (broad SMARTS) is 1. The van der Waals surface area contributed by atoms with E-state index in [0.29, 0.717) is 11.7 Å². The molecule has 0 amide bonds. The van der Waals surface area contributed by atoms with Crippen LogP contribution in [0.2, 0.25) is 0 Å². The highest BCUT2D eigenvalue weighted by Crippen LogP contribution is 2.26. The van der Waals surface area contributed by atoms with Gasteiger partial charge >= 0.3 is 5.97 Å². The van der Waals surface area contributed by atoms with E-state index in [1.165, 1.54) is 0 Å². The number of carbonyl (C=O) groups is 1. The summed E-state index contributed by atoms with van der Waals surface area (Å²) in [6.07, 6.45) is 1.55. The maximum absolute atomic E-state index is 13.8. The van der Waals surface area contributed by atoms with Crippen molar-refractivity contribution in [2.24, 2.45) is 0 Å². The summed E-state index contributed by atoms with van der Waals surface area (Å²) in [5, 5.41) is 11.8. The predicted octanol–water partition coefficient (Wildman–Crippen LogP) is 2.58. The van der Waals surface area contributed by atoms with E-state index in [0.717, 1.165) is 12.1 Å². The van der Waals surface area contributed by atoms with Crippen LogP contribution in [0, 0.1) is 12.7 Å². The van der Waals surface area contributed by atoms with Crippen molar-refractivity contribution >= 4 is 17.3 Å². The van der Waals surface area contributed by atoms with Gasteiger partial charge in [-0.3, -0.25) is 0 Å². The number of nitrogens with zero attached hydrogens (tertiary/aromatic N) is 1. The van der Waals surface area contributed by atoms with Gasteiger partial charge in [0.1, 0.15) is 17.6 Å². The minimum absolute atomic E-state index is 0.0277. The van der Waals surface area contributed by atoms with Gasteiger partial charge in [0.05, 0.1) is 17.4 Å². The molecule has 0 spiro atoms. The molecule has 1 aromatic heterocycles. The molecule has 0 saturated heterocycles. The zero-order chi connectivity index (χ0) is 14.9. The lowest BCUT2D eigenvalue weighted by molar-refractivity contribution is 0.0698. The van der Waals surface area contributed by atoms with Gasteiger partial charge in [-0.2, -0.15) is 0 Å². The van der Waals surface area contributed by atoms with E-state index in [4.69, 9.17) is 15.3 Å². The third-order valence-electron chi connectivity index (χ3n) is 2.75. The molecule has 4 N–H and O–H groups in total. The second kappa shape index (κ2) is 5.20. The fraction of sp³-hybridized carbons (Fsp3) is 0.231. The molecule has 1 unspecified atom stereocenters. The van der Waals surface area contributed by atoms with Crippen LogP contribution in [0.3, 0.4) is 0 Å². The number of oxazole rings is 1. The lowest BCUT2D eigenvalue weighted by Crippen LogP contribution is -2.11. The summed E-state index contributed by atoms with van der Waals surface area (Å²) >= 11 is 0. The Morgan fingerprint density at radius 3 is 2.80 bits per heavy atom. The number of aromatic nitrogens is 1. The second-order valence-corrected chi connectivity index (χ2v) is 4.40. The largest absolute Gasteiger partial charge is 0.478 e. The number of aromatic carboxylic acids is 1. The van der Waals surface area contributed by atoms with Crippen LogP contribution in [0.1, 0.15) is 35.0 Å². The first kappa shape index (κ1) is 13.9. The van der Waals surface area contributed by atoms with E-state index < -0.39 is 17.8 Å². The fourth-order valence-corrected chi connectivity index (χ4v) is 1.75. The van der Waals surface area contributed by atoms with Crippen molar-refractivity contribution in [1.82, 2.24) is 4.98 Å².